The van der Waals surface area contributed by atoms with E-state index in [1.54, 1.807) is 31.1 Å². The lowest BCUT2D eigenvalue weighted by Crippen LogP contribution is -2.13. The molecule has 0 spiro atoms. The van der Waals surface area contributed by atoms with Gasteiger partial charge < -0.3 is 14.9 Å². The number of nitrogens with one attached hydrogen (secondary N) is 3. The Morgan fingerprint density at radius 2 is 2.06 bits per heavy atom. The van der Waals surface area contributed by atoms with Gasteiger partial charge in [0.05, 0.1) is 47.0 Å². The molecule has 176 valence electrons. The van der Waals surface area contributed by atoms with E-state index in [1.165, 1.54) is 0 Å². The first-order chi connectivity index (χ1) is 17.6. The van der Waals surface area contributed by atoms with Crippen LogP contribution in [0, 0.1) is 12.8 Å². The summed E-state index contributed by atoms with van der Waals surface area (Å²) in [5, 5.41) is 11.3. The van der Waals surface area contributed by atoms with Crippen LogP contribution in [0.5, 0.6) is 0 Å². The third-order valence-electron chi connectivity index (χ3n) is 6.27. The van der Waals surface area contributed by atoms with Gasteiger partial charge in [-0.3, -0.25) is 19.9 Å². The van der Waals surface area contributed by atoms with Crippen LogP contribution in [0.4, 0.5) is 5.69 Å². The first kappa shape index (κ1) is 20.4. The maximum absolute atomic E-state index is 12.2. The molecule has 3 N–H and O–H groups in total. The number of carbonyl (C=O) groups is 1. The Balaban J connectivity index is 1.28. The van der Waals surface area contributed by atoms with Crippen LogP contribution in [0.25, 0.3) is 50.5 Å². The van der Waals surface area contributed by atoms with E-state index in [0.717, 1.165) is 46.2 Å². The first-order valence-corrected chi connectivity index (χ1v) is 11.6. The lowest BCUT2D eigenvalue weighted by molar-refractivity contribution is -0.117. The van der Waals surface area contributed by atoms with Gasteiger partial charge in [-0.15, -0.1) is 0 Å². The number of carbonyl (C=O) groups excluding carboxylic acids is 1. The minimum absolute atomic E-state index is 0.0400. The SMILES string of the molecule is Cc1cn(-c2ccnc3[nH]c(-c4n[nH]c5cnc(-c6cncc(NC(=O)C7CC7)c6)cc45)nc23)cn1. The van der Waals surface area contributed by atoms with E-state index in [4.69, 9.17) is 4.98 Å². The maximum atomic E-state index is 12.2. The Morgan fingerprint density at radius 3 is 2.89 bits per heavy atom. The van der Waals surface area contributed by atoms with Crippen molar-refractivity contribution in [1.82, 2.24) is 44.7 Å². The molecule has 1 saturated carbocycles. The fourth-order valence-corrected chi connectivity index (χ4v) is 4.26. The summed E-state index contributed by atoms with van der Waals surface area (Å²) in [7, 11) is 0. The number of hydrogen-bond acceptors (Lipinski definition) is 7. The molecule has 0 radical (unpaired) electrons. The summed E-state index contributed by atoms with van der Waals surface area (Å²) in [5.41, 5.74) is 6.77. The number of fused-ring (bicyclic) bond motifs is 2. The van der Waals surface area contributed by atoms with E-state index in [-0.39, 0.29) is 11.8 Å². The second kappa shape index (κ2) is 7.80. The van der Waals surface area contributed by atoms with Crippen LogP contribution < -0.4 is 5.32 Å². The fourth-order valence-electron chi connectivity index (χ4n) is 4.26. The van der Waals surface area contributed by atoms with Crippen molar-refractivity contribution in [1.29, 1.82) is 0 Å². The molecule has 36 heavy (non-hydrogen) atoms. The highest BCUT2D eigenvalue weighted by Crippen LogP contribution is 2.32. The zero-order valence-electron chi connectivity index (χ0n) is 19.2. The number of nitrogens with zero attached hydrogens (tertiary/aromatic N) is 7. The molecule has 7 rings (SSSR count). The predicted octanol–water partition coefficient (Wildman–Crippen LogP) is 3.80. The molecule has 0 aromatic carbocycles. The van der Waals surface area contributed by atoms with Gasteiger partial charge in [-0.25, -0.2) is 15.0 Å². The number of hydrogen-bond donors (Lipinski definition) is 3. The summed E-state index contributed by atoms with van der Waals surface area (Å²) in [6.45, 7) is 1.94. The number of amides is 1. The monoisotopic (exact) mass is 476 g/mol. The van der Waals surface area contributed by atoms with Crippen molar-refractivity contribution < 1.29 is 4.79 Å². The Hall–Kier alpha value is -4.93. The molecular weight excluding hydrogens is 456 g/mol. The van der Waals surface area contributed by atoms with E-state index < -0.39 is 0 Å². The average molecular weight is 477 g/mol. The smallest absolute Gasteiger partial charge is 0.227 e. The molecule has 0 aliphatic heterocycles. The highest BCUT2D eigenvalue weighted by Gasteiger charge is 2.29. The summed E-state index contributed by atoms with van der Waals surface area (Å²) < 4.78 is 1.93. The second-order valence-electron chi connectivity index (χ2n) is 8.95. The summed E-state index contributed by atoms with van der Waals surface area (Å²) in [6.07, 6.45) is 12.4. The quantitative estimate of drug-likeness (QED) is 0.343. The van der Waals surface area contributed by atoms with Crippen LogP contribution in [0.3, 0.4) is 0 Å². The number of pyridine rings is 3. The largest absolute Gasteiger partial charge is 0.324 e. The lowest BCUT2D eigenvalue weighted by atomic mass is 10.1. The number of imidazole rings is 2. The highest BCUT2D eigenvalue weighted by atomic mass is 16.2. The Labute approximate surface area is 204 Å². The van der Waals surface area contributed by atoms with Gasteiger partial charge in [0.15, 0.2) is 11.5 Å². The van der Waals surface area contributed by atoms with Crippen molar-refractivity contribution in [3.05, 3.63) is 61.2 Å². The van der Waals surface area contributed by atoms with E-state index in [1.807, 2.05) is 35.9 Å². The average Bonchev–Trinajstić information content (AvgIpc) is 3.30. The third-order valence-corrected chi connectivity index (χ3v) is 6.27. The lowest BCUT2D eigenvalue weighted by Gasteiger charge is -2.06. The zero-order chi connectivity index (χ0) is 24.2. The molecule has 0 atom stereocenters. The molecule has 1 amide bonds. The van der Waals surface area contributed by atoms with Crippen LogP contribution in [0.15, 0.2) is 55.5 Å². The van der Waals surface area contributed by atoms with E-state index in [2.05, 4.69) is 40.4 Å². The van der Waals surface area contributed by atoms with Gasteiger partial charge in [0, 0.05) is 35.5 Å². The zero-order valence-corrected chi connectivity index (χ0v) is 19.2. The molecule has 6 heterocycles. The third kappa shape index (κ3) is 3.49. The molecule has 0 unspecified atom stereocenters. The molecule has 1 aliphatic carbocycles. The summed E-state index contributed by atoms with van der Waals surface area (Å²) in [4.78, 5) is 37.9. The molecule has 1 fully saturated rings. The molecule has 11 heteroatoms. The topological polar surface area (TPSA) is 143 Å². The van der Waals surface area contributed by atoms with Crippen LogP contribution in [0.1, 0.15) is 18.5 Å². The number of anilines is 1. The number of aromatic nitrogens is 9. The summed E-state index contributed by atoms with van der Waals surface area (Å²) in [6, 6.07) is 5.73. The predicted molar refractivity (Wildman–Crippen MR) is 133 cm³/mol. The van der Waals surface area contributed by atoms with Gasteiger partial charge in [-0.2, -0.15) is 5.10 Å². The number of H-pyrrole nitrogens is 2. The minimum atomic E-state index is 0.0400. The molecule has 6 aromatic heterocycles. The minimum Gasteiger partial charge on any atom is -0.324 e. The van der Waals surface area contributed by atoms with Crippen molar-refractivity contribution in [2.45, 2.75) is 19.8 Å². The van der Waals surface area contributed by atoms with E-state index in [0.29, 0.717) is 28.5 Å². The number of rotatable bonds is 5. The van der Waals surface area contributed by atoms with Gasteiger partial charge in [-0.05, 0) is 38.0 Å². The summed E-state index contributed by atoms with van der Waals surface area (Å²) in [5.74, 6) is 0.750. The van der Waals surface area contributed by atoms with Gasteiger partial charge in [-0.1, -0.05) is 0 Å². The highest BCUT2D eigenvalue weighted by molar-refractivity contribution is 5.96. The Morgan fingerprint density at radius 1 is 1.14 bits per heavy atom. The van der Waals surface area contributed by atoms with Gasteiger partial charge >= 0.3 is 0 Å². The van der Waals surface area contributed by atoms with Crippen molar-refractivity contribution in [2.24, 2.45) is 5.92 Å². The van der Waals surface area contributed by atoms with Gasteiger partial charge in [0.25, 0.3) is 0 Å². The maximum Gasteiger partial charge on any atom is 0.227 e. The fraction of sp³-hybridized carbons (Fsp3) is 0.160. The Bertz CT molecular complexity index is 1770. The van der Waals surface area contributed by atoms with Crippen molar-refractivity contribution >= 4 is 33.7 Å². The molecule has 1 aliphatic rings. The molecular formula is C25H20N10O. The summed E-state index contributed by atoms with van der Waals surface area (Å²) >= 11 is 0. The van der Waals surface area contributed by atoms with Crippen LogP contribution in [-0.4, -0.2) is 50.6 Å². The molecule has 6 aromatic rings. The Kier molecular flexibility index (Phi) is 4.43. The van der Waals surface area contributed by atoms with E-state index in [9.17, 15) is 4.79 Å². The molecule has 11 nitrogen and oxygen atoms in total. The standard InChI is InChI=1S/C25H20N10O/c1-13-11-35(12-29-13)20-4-5-27-23-22(20)31-24(32-23)21-17-7-18(28-10-19(17)33-34-21)15-6-16(9-26-8-15)30-25(36)14-2-3-14/h4-12,14H,2-3H2,1H3,(H,30,36)(H,33,34)(H,27,31,32). The van der Waals surface area contributed by atoms with Crippen molar-refractivity contribution in [3.8, 4) is 28.5 Å². The number of aromatic amines is 2. The van der Waals surface area contributed by atoms with Gasteiger partial charge in [0.1, 0.15) is 11.2 Å². The van der Waals surface area contributed by atoms with Crippen LogP contribution >= 0.6 is 0 Å². The van der Waals surface area contributed by atoms with Crippen LogP contribution in [-0.2, 0) is 4.79 Å². The number of aryl methyl sites for hydroxylation is 1. The van der Waals surface area contributed by atoms with Gasteiger partial charge in [0.2, 0.25) is 5.91 Å². The van der Waals surface area contributed by atoms with Crippen molar-refractivity contribution in [2.75, 3.05) is 5.32 Å². The van der Waals surface area contributed by atoms with E-state index >= 15 is 0 Å². The molecule has 0 saturated heterocycles. The van der Waals surface area contributed by atoms with Crippen LogP contribution in [0.2, 0.25) is 0 Å². The second-order valence-corrected chi connectivity index (χ2v) is 8.95. The van der Waals surface area contributed by atoms with Crippen molar-refractivity contribution in [3.63, 3.8) is 0 Å². The molecule has 0 bridgehead atoms. The normalized spacial score (nSPS) is 13.5. The first-order valence-electron chi connectivity index (χ1n) is 11.6.